The highest BCUT2D eigenvalue weighted by Gasteiger charge is 2.24. The Morgan fingerprint density at radius 1 is 1.37 bits per heavy atom. The Morgan fingerprint density at radius 2 is 2.21 bits per heavy atom. The summed E-state index contributed by atoms with van der Waals surface area (Å²) in [7, 11) is 2.18. The molecule has 0 radical (unpaired) electrons. The molecule has 0 spiro atoms. The maximum Gasteiger partial charge on any atom is 0.117 e. The van der Waals surface area contributed by atoms with Crippen LogP contribution in [0.15, 0.2) is 47.0 Å². The molecule has 1 aliphatic carbocycles. The lowest BCUT2D eigenvalue weighted by molar-refractivity contribution is 0.311. The summed E-state index contributed by atoms with van der Waals surface area (Å²) in [5.41, 5.74) is 13.7. The van der Waals surface area contributed by atoms with Crippen LogP contribution in [0, 0.1) is 5.92 Å². The van der Waals surface area contributed by atoms with Crippen LogP contribution in [-0.4, -0.2) is 31.0 Å². The van der Waals surface area contributed by atoms with Crippen molar-refractivity contribution in [3.8, 4) is 0 Å². The summed E-state index contributed by atoms with van der Waals surface area (Å²) < 4.78 is 0. The number of hydrazine groups is 1. The number of hydrogen-bond acceptors (Lipinski definition) is 3. The Kier molecular flexibility index (Phi) is 3.40. The van der Waals surface area contributed by atoms with E-state index in [1.807, 2.05) is 18.1 Å². The lowest BCUT2D eigenvalue weighted by Crippen LogP contribution is -2.40. The maximum atomic E-state index is 5.85. The molecule has 0 aromatic heterocycles. The van der Waals surface area contributed by atoms with Crippen LogP contribution in [0.5, 0.6) is 0 Å². The van der Waals surface area contributed by atoms with Gasteiger partial charge in [0.2, 0.25) is 0 Å². The molecule has 3 aliphatic rings. The molecule has 0 bridgehead atoms. The first-order valence-electron chi connectivity index (χ1n) is 6.90. The van der Waals surface area contributed by atoms with E-state index < -0.39 is 0 Å². The fourth-order valence-corrected chi connectivity index (χ4v) is 4.59. The van der Waals surface area contributed by atoms with Gasteiger partial charge in [0.1, 0.15) is 5.82 Å². The van der Waals surface area contributed by atoms with Crippen molar-refractivity contribution in [2.24, 2.45) is 11.7 Å². The molecule has 0 aromatic rings. The van der Waals surface area contributed by atoms with Crippen molar-refractivity contribution in [1.29, 1.82) is 0 Å². The average Bonchev–Trinajstić information content (AvgIpc) is 2.41. The largest absolute Gasteiger partial charge is 0.384 e. The minimum atomic E-state index is 0.221. The van der Waals surface area contributed by atoms with Crippen molar-refractivity contribution >= 4 is 7.92 Å². The van der Waals surface area contributed by atoms with Crippen LogP contribution >= 0.6 is 7.92 Å². The molecule has 3 rings (SSSR count). The minimum absolute atomic E-state index is 0.221. The van der Waals surface area contributed by atoms with Crippen LogP contribution < -0.4 is 11.2 Å². The van der Waals surface area contributed by atoms with Gasteiger partial charge in [0.15, 0.2) is 0 Å². The van der Waals surface area contributed by atoms with Crippen molar-refractivity contribution in [3.63, 3.8) is 0 Å². The van der Waals surface area contributed by atoms with Gasteiger partial charge >= 0.3 is 0 Å². The van der Waals surface area contributed by atoms with Crippen molar-refractivity contribution in [2.45, 2.75) is 12.8 Å². The molecule has 2 heterocycles. The highest BCUT2D eigenvalue weighted by molar-refractivity contribution is 7.57. The molecule has 0 amide bonds. The van der Waals surface area contributed by atoms with E-state index in [-0.39, 0.29) is 7.92 Å². The van der Waals surface area contributed by atoms with E-state index in [1.165, 1.54) is 24.4 Å². The zero-order chi connectivity index (χ0) is 13.4. The lowest BCUT2D eigenvalue weighted by Gasteiger charge is -2.33. The van der Waals surface area contributed by atoms with Crippen LogP contribution in [0.25, 0.3) is 0 Å². The third-order valence-electron chi connectivity index (χ3n) is 4.15. The highest BCUT2D eigenvalue weighted by Crippen LogP contribution is 2.45. The lowest BCUT2D eigenvalue weighted by atomic mass is 9.87. The quantitative estimate of drug-likeness (QED) is 0.722. The van der Waals surface area contributed by atoms with Crippen LogP contribution in [0.2, 0.25) is 0 Å². The van der Waals surface area contributed by atoms with E-state index in [0.29, 0.717) is 5.92 Å². The topological polar surface area (TPSA) is 41.3 Å². The second-order valence-corrected chi connectivity index (χ2v) is 8.11. The smallest absolute Gasteiger partial charge is 0.117 e. The fraction of sp³-hybridized carbons (Fsp3) is 0.467. The standard InChI is InChI=1S/C15H22N3P/c1-18-15(16)6-5-14(17-18)12-4-3-11-7-8-19(2)10-13(11)9-12/h3,5-6,9,12,17H,4,7-8,10,16H2,1-2H3/t12-,19?/m0/s1. The fourth-order valence-electron chi connectivity index (χ4n) is 2.92. The van der Waals surface area contributed by atoms with Gasteiger partial charge in [0.05, 0.1) is 0 Å². The van der Waals surface area contributed by atoms with Gasteiger partial charge in [0.25, 0.3) is 0 Å². The predicted octanol–water partition coefficient (Wildman–Crippen LogP) is 2.51. The van der Waals surface area contributed by atoms with E-state index in [0.717, 1.165) is 12.2 Å². The molecule has 3 nitrogen and oxygen atoms in total. The number of nitrogens with one attached hydrogen (secondary N) is 1. The Morgan fingerprint density at radius 3 is 3.00 bits per heavy atom. The van der Waals surface area contributed by atoms with E-state index in [2.05, 4.69) is 30.3 Å². The van der Waals surface area contributed by atoms with Crippen molar-refractivity contribution in [1.82, 2.24) is 10.4 Å². The van der Waals surface area contributed by atoms with Crippen molar-refractivity contribution in [3.05, 3.63) is 47.0 Å². The summed E-state index contributed by atoms with van der Waals surface area (Å²) in [5, 5.41) is 1.89. The molecule has 4 heteroatoms. The zero-order valence-electron chi connectivity index (χ0n) is 11.7. The number of nitrogens with two attached hydrogens (primary N) is 1. The first-order valence-corrected chi connectivity index (χ1v) is 9.06. The normalized spacial score (nSPS) is 30.5. The van der Waals surface area contributed by atoms with E-state index in [9.17, 15) is 0 Å². The number of nitrogens with zero attached hydrogens (tertiary/aromatic N) is 1. The first kappa shape index (κ1) is 12.8. The molecule has 1 fully saturated rings. The molecule has 1 unspecified atom stereocenters. The second-order valence-electron chi connectivity index (χ2n) is 5.64. The van der Waals surface area contributed by atoms with E-state index in [4.69, 9.17) is 5.73 Å². The third kappa shape index (κ3) is 2.57. The van der Waals surface area contributed by atoms with Crippen LogP contribution in [0.4, 0.5) is 0 Å². The molecular weight excluding hydrogens is 253 g/mol. The molecular formula is C15H22N3P. The molecule has 3 N–H and O–H groups in total. The highest BCUT2D eigenvalue weighted by atomic mass is 31.1. The maximum absolute atomic E-state index is 5.85. The summed E-state index contributed by atoms with van der Waals surface area (Å²) in [6, 6.07) is 0. The summed E-state index contributed by atoms with van der Waals surface area (Å²) in [4.78, 5) is 0. The average molecular weight is 275 g/mol. The van der Waals surface area contributed by atoms with Crippen LogP contribution in [0.1, 0.15) is 12.8 Å². The summed E-state index contributed by atoms with van der Waals surface area (Å²) >= 11 is 0. The Hall–Kier alpha value is -1.21. The molecule has 2 aliphatic heterocycles. The van der Waals surface area contributed by atoms with Gasteiger partial charge in [-0.3, -0.25) is 5.01 Å². The summed E-state index contributed by atoms with van der Waals surface area (Å²) in [6.45, 7) is 2.42. The zero-order valence-corrected chi connectivity index (χ0v) is 12.6. The molecule has 1 saturated heterocycles. The van der Waals surface area contributed by atoms with E-state index >= 15 is 0 Å². The third-order valence-corrected chi connectivity index (χ3v) is 6.02. The molecule has 19 heavy (non-hydrogen) atoms. The second kappa shape index (κ2) is 5.05. The van der Waals surface area contributed by atoms with Gasteiger partial charge in [-0.1, -0.05) is 12.2 Å². The predicted molar refractivity (Wildman–Crippen MR) is 82.7 cm³/mol. The van der Waals surface area contributed by atoms with Gasteiger partial charge in [-0.15, -0.1) is 7.92 Å². The SMILES string of the molecule is CN1NC([C@@H]2C=C3CP(C)CCC3=CC2)=CC=C1N. The van der Waals surface area contributed by atoms with Gasteiger partial charge in [-0.2, -0.15) is 0 Å². The van der Waals surface area contributed by atoms with E-state index in [1.54, 1.807) is 11.1 Å². The molecule has 102 valence electrons. The molecule has 0 aromatic carbocycles. The van der Waals surface area contributed by atoms with Crippen molar-refractivity contribution in [2.75, 3.05) is 26.0 Å². The van der Waals surface area contributed by atoms with Crippen molar-refractivity contribution < 1.29 is 0 Å². The Balaban J connectivity index is 1.80. The van der Waals surface area contributed by atoms with Crippen LogP contribution in [-0.2, 0) is 0 Å². The number of hydrogen-bond donors (Lipinski definition) is 2. The Bertz CT molecular complexity index is 502. The summed E-state index contributed by atoms with van der Waals surface area (Å²) in [5.74, 6) is 1.24. The van der Waals surface area contributed by atoms with Gasteiger partial charge < -0.3 is 11.2 Å². The molecule has 2 atom stereocenters. The summed E-state index contributed by atoms with van der Waals surface area (Å²) in [6.07, 6.45) is 14.2. The monoisotopic (exact) mass is 275 g/mol. The number of rotatable bonds is 1. The minimum Gasteiger partial charge on any atom is -0.384 e. The van der Waals surface area contributed by atoms with Gasteiger partial charge in [-0.25, -0.2) is 0 Å². The number of fused-ring (bicyclic) bond motifs is 1. The van der Waals surface area contributed by atoms with Gasteiger partial charge in [0, 0.05) is 18.7 Å². The number of allylic oxidation sites excluding steroid dienone is 6. The molecule has 0 saturated carbocycles. The van der Waals surface area contributed by atoms with Crippen LogP contribution in [0.3, 0.4) is 0 Å². The Labute approximate surface area is 116 Å². The first-order chi connectivity index (χ1) is 9.13. The van der Waals surface area contributed by atoms with Gasteiger partial charge in [-0.05, 0) is 55.1 Å².